The summed E-state index contributed by atoms with van der Waals surface area (Å²) in [4.78, 5) is 0. The van der Waals surface area contributed by atoms with Crippen molar-refractivity contribution in [3.63, 3.8) is 0 Å². The van der Waals surface area contributed by atoms with Crippen molar-refractivity contribution in [1.82, 2.24) is 5.32 Å². The van der Waals surface area contributed by atoms with E-state index in [9.17, 15) is 0 Å². The lowest BCUT2D eigenvalue weighted by Gasteiger charge is -2.17. The summed E-state index contributed by atoms with van der Waals surface area (Å²) >= 11 is 0. The third-order valence-electron chi connectivity index (χ3n) is 2.55. The van der Waals surface area contributed by atoms with Gasteiger partial charge in [0.05, 0.1) is 7.11 Å². The third-order valence-corrected chi connectivity index (χ3v) is 2.55. The van der Waals surface area contributed by atoms with Gasteiger partial charge >= 0.3 is 0 Å². The number of methoxy groups -OCH3 is 1. The van der Waals surface area contributed by atoms with Crippen LogP contribution in [0.15, 0.2) is 18.2 Å². The van der Waals surface area contributed by atoms with Gasteiger partial charge in [-0.25, -0.2) is 0 Å². The van der Waals surface area contributed by atoms with E-state index in [1.807, 2.05) is 6.07 Å². The second kappa shape index (κ2) is 5.76. The first-order chi connectivity index (χ1) is 7.19. The molecule has 1 rings (SSSR count). The Labute approximate surface area is 92.6 Å². The number of benzene rings is 1. The molecule has 0 radical (unpaired) electrons. The molecule has 0 spiro atoms. The van der Waals surface area contributed by atoms with Gasteiger partial charge in [-0.3, -0.25) is 0 Å². The van der Waals surface area contributed by atoms with E-state index in [-0.39, 0.29) is 0 Å². The Kier molecular flexibility index (Phi) is 4.63. The molecule has 2 heteroatoms. The monoisotopic (exact) mass is 207 g/mol. The highest BCUT2D eigenvalue weighted by Gasteiger charge is 2.10. The first-order valence-electron chi connectivity index (χ1n) is 5.57. The van der Waals surface area contributed by atoms with Gasteiger partial charge in [-0.1, -0.05) is 24.6 Å². The van der Waals surface area contributed by atoms with E-state index >= 15 is 0 Å². The predicted octanol–water partition coefficient (Wildman–Crippen LogP) is 3.06. The molecule has 0 heterocycles. The van der Waals surface area contributed by atoms with Crippen LogP contribution in [0, 0.1) is 6.92 Å². The zero-order valence-corrected chi connectivity index (χ0v) is 10.1. The van der Waals surface area contributed by atoms with Crippen LogP contribution in [0.3, 0.4) is 0 Å². The van der Waals surface area contributed by atoms with E-state index in [1.54, 1.807) is 7.11 Å². The predicted molar refractivity (Wildman–Crippen MR) is 64.4 cm³/mol. The van der Waals surface area contributed by atoms with Crippen molar-refractivity contribution in [2.24, 2.45) is 0 Å². The SMILES string of the molecule is CCCNC(C)c1cc(C)ccc1OC. The van der Waals surface area contributed by atoms with Crippen LogP contribution >= 0.6 is 0 Å². The fraction of sp³-hybridized carbons (Fsp3) is 0.538. The van der Waals surface area contributed by atoms with Crippen molar-refractivity contribution in [1.29, 1.82) is 0 Å². The van der Waals surface area contributed by atoms with Crippen molar-refractivity contribution in [3.8, 4) is 5.75 Å². The molecule has 1 N–H and O–H groups in total. The highest BCUT2D eigenvalue weighted by molar-refractivity contribution is 5.38. The van der Waals surface area contributed by atoms with Crippen LogP contribution in [-0.4, -0.2) is 13.7 Å². The Morgan fingerprint density at radius 2 is 2.13 bits per heavy atom. The largest absolute Gasteiger partial charge is 0.496 e. The zero-order valence-electron chi connectivity index (χ0n) is 10.1. The molecular weight excluding hydrogens is 186 g/mol. The number of aryl methyl sites for hydroxylation is 1. The lowest BCUT2D eigenvalue weighted by Crippen LogP contribution is -2.19. The van der Waals surface area contributed by atoms with Gasteiger partial charge in [-0.15, -0.1) is 0 Å². The molecule has 0 saturated heterocycles. The van der Waals surface area contributed by atoms with Crippen LogP contribution in [0.5, 0.6) is 5.75 Å². The molecule has 0 amide bonds. The molecule has 1 unspecified atom stereocenters. The number of rotatable bonds is 5. The minimum atomic E-state index is 0.347. The van der Waals surface area contributed by atoms with Crippen molar-refractivity contribution < 1.29 is 4.74 Å². The fourth-order valence-electron chi connectivity index (χ4n) is 1.66. The van der Waals surface area contributed by atoms with Crippen LogP contribution in [0.2, 0.25) is 0 Å². The summed E-state index contributed by atoms with van der Waals surface area (Å²) in [6.07, 6.45) is 1.15. The van der Waals surface area contributed by atoms with Gasteiger partial charge < -0.3 is 10.1 Å². The number of nitrogens with one attached hydrogen (secondary N) is 1. The van der Waals surface area contributed by atoms with Crippen LogP contribution in [0.1, 0.15) is 37.4 Å². The molecule has 0 bridgehead atoms. The molecule has 15 heavy (non-hydrogen) atoms. The summed E-state index contributed by atoms with van der Waals surface area (Å²) < 4.78 is 5.36. The molecule has 1 aromatic rings. The van der Waals surface area contributed by atoms with Gasteiger partial charge in [0.1, 0.15) is 5.75 Å². The molecule has 1 atom stereocenters. The molecule has 0 saturated carbocycles. The average molecular weight is 207 g/mol. The quantitative estimate of drug-likeness (QED) is 0.801. The molecular formula is C13H21NO. The Morgan fingerprint density at radius 3 is 2.73 bits per heavy atom. The molecule has 0 fully saturated rings. The second-order valence-electron chi connectivity index (χ2n) is 3.92. The standard InChI is InChI=1S/C13H21NO/c1-5-8-14-11(3)12-9-10(2)6-7-13(12)15-4/h6-7,9,11,14H,5,8H2,1-4H3. The molecule has 0 aliphatic rings. The van der Waals surface area contributed by atoms with Crippen molar-refractivity contribution in [2.45, 2.75) is 33.2 Å². The number of hydrogen-bond donors (Lipinski definition) is 1. The Morgan fingerprint density at radius 1 is 1.40 bits per heavy atom. The van der Waals surface area contributed by atoms with Gasteiger partial charge in [0.15, 0.2) is 0 Å². The van der Waals surface area contributed by atoms with E-state index in [0.717, 1.165) is 18.7 Å². The smallest absolute Gasteiger partial charge is 0.123 e. The van der Waals surface area contributed by atoms with E-state index in [0.29, 0.717) is 6.04 Å². The Bertz CT molecular complexity index is 309. The number of ether oxygens (including phenoxy) is 1. The third kappa shape index (κ3) is 3.24. The van der Waals surface area contributed by atoms with Crippen LogP contribution < -0.4 is 10.1 Å². The minimum absolute atomic E-state index is 0.347. The van der Waals surface area contributed by atoms with Gasteiger partial charge in [0.25, 0.3) is 0 Å². The maximum Gasteiger partial charge on any atom is 0.123 e. The lowest BCUT2D eigenvalue weighted by atomic mass is 10.0. The summed E-state index contributed by atoms with van der Waals surface area (Å²) in [7, 11) is 1.72. The van der Waals surface area contributed by atoms with Gasteiger partial charge in [0, 0.05) is 11.6 Å². The van der Waals surface area contributed by atoms with Gasteiger partial charge in [-0.2, -0.15) is 0 Å². The van der Waals surface area contributed by atoms with Crippen LogP contribution in [-0.2, 0) is 0 Å². The highest BCUT2D eigenvalue weighted by Crippen LogP contribution is 2.25. The summed E-state index contributed by atoms with van der Waals surface area (Å²) in [5, 5.41) is 3.47. The lowest BCUT2D eigenvalue weighted by molar-refractivity contribution is 0.401. The van der Waals surface area contributed by atoms with Crippen LogP contribution in [0.4, 0.5) is 0 Å². The topological polar surface area (TPSA) is 21.3 Å². The molecule has 0 aliphatic heterocycles. The second-order valence-corrected chi connectivity index (χ2v) is 3.92. The first-order valence-corrected chi connectivity index (χ1v) is 5.57. The summed E-state index contributed by atoms with van der Waals surface area (Å²) in [6.45, 7) is 7.49. The van der Waals surface area contributed by atoms with Gasteiger partial charge in [-0.05, 0) is 32.9 Å². The molecule has 84 valence electrons. The number of hydrogen-bond acceptors (Lipinski definition) is 2. The maximum atomic E-state index is 5.36. The average Bonchev–Trinajstić information content (AvgIpc) is 2.25. The van der Waals surface area contributed by atoms with E-state index in [1.165, 1.54) is 11.1 Å². The molecule has 2 nitrogen and oxygen atoms in total. The summed E-state index contributed by atoms with van der Waals surface area (Å²) in [6, 6.07) is 6.65. The first kappa shape index (κ1) is 12.1. The maximum absolute atomic E-state index is 5.36. The molecule has 0 aliphatic carbocycles. The summed E-state index contributed by atoms with van der Waals surface area (Å²) in [5.41, 5.74) is 2.52. The van der Waals surface area contributed by atoms with Crippen molar-refractivity contribution in [2.75, 3.05) is 13.7 Å². The zero-order chi connectivity index (χ0) is 11.3. The Hall–Kier alpha value is -1.02. The highest BCUT2D eigenvalue weighted by atomic mass is 16.5. The van der Waals surface area contributed by atoms with E-state index in [2.05, 4.69) is 38.2 Å². The minimum Gasteiger partial charge on any atom is -0.496 e. The van der Waals surface area contributed by atoms with E-state index in [4.69, 9.17) is 4.74 Å². The fourth-order valence-corrected chi connectivity index (χ4v) is 1.66. The van der Waals surface area contributed by atoms with Gasteiger partial charge in [0.2, 0.25) is 0 Å². The molecule has 0 aromatic heterocycles. The molecule has 1 aromatic carbocycles. The van der Waals surface area contributed by atoms with Crippen molar-refractivity contribution >= 4 is 0 Å². The summed E-state index contributed by atoms with van der Waals surface area (Å²) in [5.74, 6) is 0.969. The normalized spacial score (nSPS) is 12.5. The van der Waals surface area contributed by atoms with E-state index < -0.39 is 0 Å². The van der Waals surface area contributed by atoms with Crippen molar-refractivity contribution in [3.05, 3.63) is 29.3 Å². The van der Waals surface area contributed by atoms with Crippen LogP contribution in [0.25, 0.3) is 0 Å². The Balaban J connectivity index is 2.85.